The summed E-state index contributed by atoms with van der Waals surface area (Å²) in [4.78, 5) is 4.73. The van der Waals surface area contributed by atoms with Gasteiger partial charge in [0.15, 0.2) is 0 Å². The number of aryl methyl sites for hydroxylation is 2. The van der Waals surface area contributed by atoms with Crippen LogP contribution in [0.1, 0.15) is 11.1 Å². The number of para-hydroxylation sites is 3. The fourth-order valence-corrected chi connectivity index (χ4v) is 5.78. The number of fused-ring (bicyclic) bond motifs is 10. The molecule has 0 aliphatic rings. The van der Waals surface area contributed by atoms with Crippen LogP contribution >= 0.6 is 0 Å². The summed E-state index contributed by atoms with van der Waals surface area (Å²) >= 11 is 0. The van der Waals surface area contributed by atoms with E-state index in [1.165, 1.54) is 54.6 Å². The zero-order valence-corrected chi connectivity index (χ0v) is 18.9. The van der Waals surface area contributed by atoms with E-state index < -0.39 is 0 Å². The minimum absolute atomic E-state index is 0.898. The summed E-state index contributed by atoms with van der Waals surface area (Å²) in [6, 6.07) is 28.2. The zero-order chi connectivity index (χ0) is 22.6. The van der Waals surface area contributed by atoms with Crippen molar-refractivity contribution in [2.45, 2.75) is 13.8 Å². The lowest BCUT2D eigenvalue weighted by molar-refractivity contribution is 0.670. The molecule has 4 aromatic carbocycles. The van der Waals surface area contributed by atoms with Crippen molar-refractivity contribution in [1.29, 1.82) is 0 Å². The molecule has 0 spiro atoms. The van der Waals surface area contributed by atoms with Gasteiger partial charge in [0, 0.05) is 44.1 Å². The molecule has 0 atom stereocenters. The van der Waals surface area contributed by atoms with Gasteiger partial charge in [-0.1, -0.05) is 48.5 Å². The predicted molar refractivity (Wildman–Crippen MR) is 141 cm³/mol. The molecule has 3 heteroatoms. The van der Waals surface area contributed by atoms with Crippen molar-refractivity contribution in [1.82, 2.24) is 9.38 Å². The molecule has 0 amide bonds. The molecule has 8 aromatic rings. The van der Waals surface area contributed by atoms with E-state index in [9.17, 15) is 0 Å². The number of pyridine rings is 1. The second kappa shape index (κ2) is 6.15. The Morgan fingerprint density at radius 1 is 0.676 bits per heavy atom. The van der Waals surface area contributed by atoms with Crippen molar-refractivity contribution in [2.24, 2.45) is 0 Å². The Bertz CT molecular complexity index is 2090. The largest absolute Gasteiger partial charge is 0.455 e. The first-order chi connectivity index (χ1) is 16.7. The van der Waals surface area contributed by atoms with E-state index in [4.69, 9.17) is 9.40 Å². The Hall–Kier alpha value is -4.37. The molecule has 8 rings (SSSR count). The van der Waals surface area contributed by atoms with Crippen LogP contribution in [0.2, 0.25) is 0 Å². The first kappa shape index (κ1) is 18.1. The van der Waals surface area contributed by atoms with Gasteiger partial charge in [0.2, 0.25) is 0 Å². The van der Waals surface area contributed by atoms with E-state index in [1.807, 2.05) is 6.20 Å². The van der Waals surface area contributed by atoms with Crippen LogP contribution in [0.25, 0.3) is 71.3 Å². The summed E-state index contributed by atoms with van der Waals surface area (Å²) in [6.07, 6.45) is 1.95. The minimum atomic E-state index is 0.898. The second-order valence-corrected chi connectivity index (χ2v) is 9.33. The summed E-state index contributed by atoms with van der Waals surface area (Å²) in [6.45, 7) is 4.22. The Balaban J connectivity index is 1.57. The second-order valence-electron chi connectivity index (χ2n) is 9.33. The summed E-state index contributed by atoms with van der Waals surface area (Å²) in [5.74, 6) is 0. The van der Waals surface area contributed by atoms with Gasteiger partial charge in [0.05, 0.1) is 22.2 Å². The maximum Gasteiger partial charge on any atom is 0.144 e. The molecule has 0 saturated heterocycles. The summed E-state index contributed by atoms with van der Waals surface area (Å²) in [5.41, 5.74) is 9.97. The number of benzene rings is 4. The molecule has 0 N–H and O–H groups in total. The average molecular weight is 437 g/mol. The Labute approximate surface area is 195 Å². The van der Waals surface area contributed by atoms with Crippen LogP contribution in [0, 0.1) is 13.8 Å². The highest BCUT2D eigenvalue weighted by Crippen LogP contribution is 2.45. The van der Waals surface area contributed by atoms with Crippen molar-refractivity contribution in [2.75, 3.05) is 0 Å². The molecule has 0 fully saturated rings. The molecule has 3 nitrogen and oxygen atoms in total. The van der Waals surface area contributed by atoms with E-state index in [2.05, 4.69) is 97.1 Å². The third kappa shape index (κ3) is 2.10. The van der Waals surface area contributed by atoms with Crippen molar-refractivity contribution < 1.29 is 4.42 Å². The number of aromatic nitrogens is 2. The Kier molecular flexibility index (Phi) is 3.27. The summed E-state index contributed by atoms with van der Waals surface area (Å²) < 4.78 is 8.96. The van der Waals surface area contributed by atoms with Crippen molar-refractivity contribution in [3.63, 3.8) is 0 Å². The quantitative estimate of drug-likeness (QED) is 0.258. The first-order valence-corrected chi connectivity index (χ1v) is 11.7. The molecule has 0 unspecified atom stereocenters. The highest BCUT2D eigenvalue weighted by molar-refractivity contribution is 6.32. The van der Waals surface area contributed by atoms with Gasteiger partial charge < -0.3 is 8.82 Å². The molecular weight excluding hydrogens is 416 g/mol. The maximum atomic E-state index is 6.54. The van der Waals surface area contributed by atoms with Crippen LogP contribution in [0.4, 0.5) is 0 Å². The highest BCUT2D eigenvalue weighted by Gasteiger charge is 2.22. The van der Waals surface area contributed by atoms with Crippen LogP contribution in [0.3, 0.4) is 0 Å². The molecular formula is C31H20N2O. The third-order valence-corrected chi connectivity index (χ3v) is 7.49. The number of hydrogen-bond acceptors (Lipinski definition) is 2. The lowest BCUT2D eigenvalue weighted by Crippen LogP contribution is -1.88. The first-order valence-electron chi connectivity index (χ1n) is 11.7. The van der Waals surface area contributed by atoms with E-state index in [-0.39, 0.29) is 0 Å². The van der Waals surface area contributed by atoms with Crippen molar-refractivity contribution in [3.05, 3.63) is 96.2 Å². The smallest absolute Gasteiger partial charge is 0.144 e. The van der Waals surface area contributed by atoms with E-state index in [0.29, 0.717) is 0 Å². The van der Waals surface area contributed by atoms with Gasteiger partial charge in [-0.3, -0.25) is 4.98 Å². The van der Waals surface area contributed by atoms with Gasteiger partial charge in [0.1, 0.15) is 11.2 Å². The van der Waals surface area contributed by atoms with E-state index >= 15 is 0 Å². The highest BCUT2D eigenvalue weighted by atomic mass is 16.3. The predicted octanol–water partition coefficient (Wildman–Crippen LogP) is 8.41. The number of furan rings is 1. The number of nitrogens with zero attached hydrogens (tertiary/aromatic N) is 2. The maximum absolute atomic E-state index is 6.54. The van der Waals surface area contributed by atoms with E-state index in [0.717, 1.165) is 27.8 Å². The van der Waals surface area contributed by atoms with Gasteiger partial charge in [-0.15, -0.1) is 0 Å². The van der Waals surface area contributed by atoms with Crippen LogP contribution < -0.4 is 0 Å². The lowest BCUT2D eigenvalue weighted by Gasteiger charge is -2.05. The molecule has 4 aromatic heterocycles. The van der Waals surface area contributed by atoms with Crippen molar-refractivity contribution in [3.8, 4) is 11.3 Å². The van der Waals surface area contributed by atoms with Crippen molar-refractivity contribution >= 4 is 60.0 Å². The third-order valence-electron chi connectivity index (χ3n) is 7.49. The van der Waals surface area contributed by atoms with Crippen LogP contribution in [0.5, 0.6) is 0 Å². The molecule has 0 aliphatic carbocycles. The normalized spacial score (nSPS) is 12.4. The van der Waals surface area contributed by atoms with Crippen LogP contribution in [-0.4, -0.2) is 9.38 Å². The zero-order valence-electron chi connectivity index (χ0n) is 18.9. The Morgan fingerprint density at radius 3 is 2.38 bits per heavy atom. The average Bonchev–Trinajstić information content (AvgIpc) is 3.52. The molecule has 34 heavy (non-hydrogen) atoms. The fourth-order valence-electron chi connectivity index (χ4n) is 5.78. The van der Waals surface area contributed by atoms with E-state index in [1.54, 1.807) is 0 Å². The van der Waals surface area contributed by atoms with Gasteiger partial charge in [-0.2, -0.15) is 0 Å². The molecule has 0 saturated carbocycles. The minimum Gasteiger partial charge on any atom is -0.455 e. The van der Waals surface area contributed by atoms with Gasteiger partial charge >= 0.3 is 0 Å². The fraction of sp³-hybridized carbons (Fsp3) is 0.0645. The number of rotatable bonds is 1. The molecule has 0 bridgehead atoms. The Morgan fingerprint density at radius 2 is 1.47 bits per heavy atom. The number of hydrogen-bond donors (Lipinski definition) is 0. The molecule has 4 heterocycles. The molecule has 160 valence electrons. The summed E-state index contributed by atoms with van der Waals surface area (Å²) in [5, 5.41) is 7.44. The molecule has 0 aliphatic heterocycles. The molecule has 0 radical (unpaired) electrons. The standard InChI is InChI=1S/C31H20N2O/c1-17-15-24(32-16-18(17)2)21-9-6-11-23-29-27(34-31(21)23)14-13-26-28(29)22-10-5-8-20-19-7-3-4-12-25(19)33(26)30(20)22/h3-16H,1-2H3. The monoisotopic (exact) mass is 436 g/mol. The van der Waals surface area contributed by atoms with Crippen LogP contribution in [-0.2, 0) is 0 Å². The summed E-state index contributed by atoms with van der Waals surface area (Å²) in [7, 11) is 0. The topological polar surface area (TPSA) is 30.4 Å². The lowest BCUT2D eigenvalue weighted by atomic mass is 10.0. The van der Waals surface area contributed by atoms with Crippen LogP contribution in [0.15, 0.2) is 89.5 Å². The SMILES string of the molecule is Cc1cnc(-c2cccc3c2oc2ccc4c(c5cccc6c7ccccc7n4c65)c23)cc1C. The van der Waals surface area contributed by atoms with Gasteiger partial charge in [-0.05, 0) is 55.3 Å². The van der Waals surface area contributed by atoms with Gasteiger partial charge in [-0.25, -0.2) is 0 Å². The van der Waals surface area contributed by atoms with Gasteiger partial charge in [0.25, 0.3) is 0 Å².